The molecule has 122 valence electrons. The Kier molecular flexibility index (Phi) is 4.88. The summed E-state index contributed by atoms with van der Waals surface area (Å²) in [4.78, 5) is 13.5. The molecule has 0 N–H and O–H groups in total. The van der Waals surface area contributed by atoms with E-state index in [4.69, 9.17) is 4.74 Å². The van der Waals surface area contributed by atoms with Gasteiger partial charge < -0.3 is 9.64 Å². The average Bonchev–Trinajstić information content (AvgIpc) is 2.55. The highest BCUT2D eigenvalue weighted by Crippen LogP contribution is 2.24. The molecule has 1 aromatic heterocycles. The van der Waals surface area contributed by atoms with E-state index in [0.717, 1.165) is 43.6 Å². The smallest absolute Gasteiger partial charge is 0.132 e. The predicted octanol–water partition coefficient (Wildman–Crippen LogP) is 2.42. The maximum absolute atomic E-state index is 5.97. The summed E-state index contributed by atoms with van der Waals surface area (Å²) in [6, 6.07) is 12.6. The van der Waals surface area contributed by atoms with Crippen molar-refractivity contribution in [2.75, 3.05) is 38.7 Å². The van der Waals surface area contributed by atoms with Crippen LogP contribution in [0.4, 0.5) is 5.82 Å². The molecule has 1 unspecified atom stereocenters. The van der Waals surface area contributed by atoms with Crippen molar-refractivity contribution >= 4 is 5.82 Å². The van der Waals surface area contributed by atoms with Crippen LogP contribution in [0.1, 0.15) is 23.2 Å². The van der Waals surface area contributed by atoms with Crippen LogP contribution < -0.4 is 4.90 Å². The minimum Gasteiger partial charge on any atom is -0.369 e. The highest BCUT2D eigenvalue weighted by Gasteiger charge is 2.24. The second-order valence-electron chi connectivity index (χ2n) is 6.17. The highest BCUT2D eigenvalue weighted by atomic mass is 16.5. The third kappa shape index (κ3) is 4.06. The van der Waals surface area contributed by atoms with Gasteiger partial charge in [-0.1, -0.05) is 30.3 Å². The van der Waals surface area contributed by atoms with Gasteiger partial charge in [0.1, 0.15) is 17.7 Å². The van der Waals surface area contributed by atoms with Gasteiger partial charge in [0.25, 0.3) is 0 Å². The molecule has 5 heteroatoms. The van der Waals surface area contributed by atoms with Crippen molar-refractivity contribution in [2.24, 2.45) is 0 Å². The van der Waals surface area contributed by atoms with Crippen LogP contribution in [0.15, 0.2) is 36.4 Å². The Morgan fingerprint density at radius 3 is 2.74 bits per heavy atom. The molecule has 1 aliphatic rings. The first kappa shape index (κ1) is 15.9. The van der Waals surface area contributed by atoms with E-state index in [1.54, 1.807) is 0 Å². The summed E-state index contributed by atoms with van der Waals surface area (Å²) in [6.45, 7) is 5.43. The highest BCUT2D eigenvalue weighted by molar-refractivity contribution is 5.38. The van der Waals surface area contributed by atoms with E-state index in [1.165, 1.54) is 5.56 Å². The van der Waals surface area contributed by atoms with Gasteiger partial charge >= 0.3 is 0 Å². The molecule has 1 saturated heterocycles. The molecule has 3 rings (SSSR count). The van der Waals surface area contributed by atoms with Crippen molar-refractivity contribution in [3.05, 3.63) is 53.5 Å². The number of anilines is 1. The van der Waals surface area contributed by atoms with E-state index in [0.29, 0.717) is 0 Å². The molecule has 0 amide bonds. The first-order chi connectivity index (χ1) is 11.1. The maximum Gasteiger partial charge on any atom is 0.132 e. The van der Waals surface area contributed by atoms with Crippen LogP contribution in [0, 0.1) is 6.92 Å². The fourth-order valence-electron chi connectivity index (χ4n) is 2.84. The Morgan fingerprint density at radius 1 is 1.22 bits per heavy atom. The van der Waals surface area contributed by atoms with Crippen molar-refractivity contribution < 1.29 is 4.74 Å². The fraction of sp³-hybridized carbons (Fsp3) is 0.444. The lowest BCUT2D eigenvalue weighted by Crippen LogP contribution is -2.38. The number of aryl methyl sites for hydroxylation is 1. The molecule has 0 aliphatic carbocycles. The number of hydrogen-bond acceptors (Lipinski definition) is 5. The van der Waals surface area contributed by atoms with Crippen LogP contribution >= 0.6 is 0 Å². The molecule has 0 spiro atoms. The van der Waals surface area contributed by atoms with Gasteiger partial charge in [0.05, 0.1) is 12.3 Å². The summed E-state index contributed by atoms with van der Waals surface area (Å²) in [5, 5.41) is 0. The second kappa shape index (κ2) is 7.06. The van der Waals surface area contributed by atoms with Gasteiger partial charge in [-0.05, 0) is 12.5 Å². The molecule has 5 nitrogen and oxygen atoms in total. The maximum atomic E-state index is 5.97. The van der Waals surface area contributed by atoms with Gasteiger partial charge in [-0.3, -0.25) is 4.90 Å². The molecular weight excluding hydrogens is 288 g/mol. The van der Waals surface area contributed by atoms with E-state index in [9.17, 15) is 0 Å². The van der Waals surface area contributed by atoms with Crippen LogP contribution in [-0.2, 0) is 11.3 Å². The number of nitrogens with zero attached hydrogens (tertiary/aromatic N) is 4. The molecule has 0 bridgehead atoms. The van der Waals surface area contributed by atoms with Crippen molar-refractivity contribution in [1.29, 1.82) is 0 Å². The Morgan fingerprint density at radius 2 is 2.00 bits per heavy atom. The molecular formula is C18H24N4O. The first-order valence-electron chi connectivity index (χ1n) is 8.02. The number of rotatable bonds is 4. The number of morpholine rings is 1. The lowest BCUT2D eigenvalue weighted by molar-refractivity contribution is -0.0350. The van der Waals surface area contributed by atoms with Gasteiger partial charge in [-0.2, -0.15) is 0 Å². The summed E-state index contributed by atoms with van der Waals surface area (Å²) in [7, 11) is 3.99. The van der Waals surface area contributed by atoms with E-state index in [1.807, 2.05) is 32.0 Å². The van der Waals surface area contributed by atoms with Crippen molar-refractivity contribution in [3.8, 4) is 0 Å². The molecule has 2 heterocycles. The molecule has 0 saturated carbocycles. The van der Waals surface area contributed by atoms with Gasteiger partial charge in [-0.15, -0.1) is 0 Å². The third-order valence-corrected chi connectivity index (χ3v) is 4.03. The van der Waals surface area contributed by atoms with E-state index < -0.39 is 0 Å². The molecule has 1 fully saturated rings. The van der Waals surface area contributed by atoms with E-state index in [2.05, 4.69) is 45.2 Å². The summed E-state index contributed by atoms with van der Waals surface area (Å²) < 4.78 is 5.97. The minimum atomic E-state index is 0.00728. The third-order valence-electron chi connectivity index (χ3n) is 4.03. The quantitative estimate of drug-likeness (QED) is 0.867. The van der Waals surface area contributed by atoms with Crippen LogP contribution in [0.5, 0.6) is 0 Å². The summed E-state index contributed by atoms with van der Waals surface area (Å²) in [5.74, 6) is 1.71. The molecule has 2 aromatic rings. The SMILES string of the molecule is Cc1nc(C2CN(Cc3ccccc3)CCO2)cc(N(C)C)n1. The van der Waals surface area contributed by atoms with Crippen molar-refractivity contribution in [1.82, 2.24) is 14.9 Å². The Bertz CT molecular complexity index is 645. The van der Waals surface area contributed by atoms with Crippen LogP contribution in [-0.4, -0.2) is 48.7 Å². The molecule has 0 radical (unpaired) electrons. The molecule has 1 aromatic carbocycles. The van der Waals surface area contributed by atoms with Crippen LogP contribution in [0.3, 0.4) is 0 Å². The largest absolute Gasteiger partial charge is 0.369 e. The fourth-order valence-corrected chi connectivity index (χ4v) is 2.84. The van der Waals surface area contributed by atoms with E-state index in [-0.39, 0.29) is 6.10 Å². The lowest BCUT2D eigenvalue weighted by Gasteiger charge is -2.33. The standard InChI is InChI=1S/C18H24N4O/c1-14-19-16(11-18(20-14)21(2)3)17-13-22(9-10-23-17)12-15-7-5-4-6-8-15/h4-8,11,17H,9-10,12-13H2,1-3H3. The number of benzene rings is 1. The van der Waals surface area contributed by atoms with E-state index >= 15 is 0 Å². The molecule has 23 heavy (non-hydrogen) atoms. The van der Waals surface area contributed by atoms with Gasteiger partial charge in [-0.25, -0.2) is 9.97 Å². The lowest BCUT2D eigenvalue weighted by atomic mass is 10.1. The topological polar surface area (TPSA) is 41.5 Å². The first-order valence-corrected chi connectivity index (χ1v) is 8.02. The van der Waals surface area contributed by atoms with Gasteiger partial charge in [0.2, 0.25) is 0 Å². The number of hydrogen-bond donors (Lipinski definition) is 0. The zero-order valence-electron chi connectivity index (χ0n) is 14.1. The van der Waals surface area contributed by atoms with Gasteiger partial charge in [0, 0.05) is 39.8 Å². The monoisotopic (exact) mass is 312 g/mol. The second-order valence-corrected chi connectivity index (χ2v) is 6.17. The van der Waals surface area contributed by atoms with Crippen LogP contribution in [0.25, 0.3) is 0 Å². The summed E-state index contributed by atoms with van der Waals surface area (Å²) in [6.07, 6.45) is 0.00728. The summed E-state index contributed by atoms with van der Waals surface area (Å²) in [5.41, 5.74) is 2.31. The Balaban J connectivity index is 1.73. The Labute approximate surface area is 137 Å². The average molecular weight is 312 g/mol. The zero-order valence-corrected chi connectivity index (χ0v) is 14.1. The Hall–Kier alpha value is -1.98. The van der Waals surface area contributed by atoms with Gasteiger partial charge in [0.15, 0.2) is 0 Å². The minimum absolute atomic E-state index is 0.00728. The number of aromatic nitrogens is 2. The normalized spacial score (nSPS) is 18.8. The summed E-state index contributed by atoms with van der Waals surface area (Å²) >= 11 is 0. The number of ether oxygens (including phenoxy) is 1. The van der Waals surface area contributed by atoms with Crippen molar-refractivity contribution in [3.63, 3.8) is 0 Å². The predicted molar refractivity (Wildman–Crippen MR) is 91.5 cm³/mol. The molecule has 1 atom stereocenters. The van der Waals surface area contributed by atoms with Crippen molar-refractivity contribution in [2.45, 2.75) is 19.6 Å². The zero-order chi connectivity index (χ0) is 16.2. The molecule has 1 aliphatic heterocycles. The van der Waals surface area contributed by atoms with Crippen LogP contribution in [0.2, 0.25) is 0 Å².